The first-order chi connectivity index (χ1) is 13.1. The minimum atomic E-state index is 0.0259. The summed E-state index contributed by atoms with van der Waals surface area (Å²) in [5.74, 6) is 0.822. The summed E-state index contributed by atoms with van der Waals surface area (Å²) in [6.45, 7) is 2.61. The Bertz CT molecular complexity index is 1100. The van der Waals surface area contributed by atoms with E-state index in [2.05, 4.69) is 13.0 Å². The molecular formula is C22H21N3O2. The van der Waals surface area contributed by atoms with Gasteiger partial charge in [-0.3, -0.25) is 4.79 Å². The lowest BCUT2D eigenvalue weighted by atomic mass is 9.97. The van der Waals surface area contributed by atoms with E-state index in [-0.39, 0.29) is 5.91 Å². The smallest absolute Gasteiger partial charge is 0.258 e. The molecule has 1 fully saturated rings. The predicted molar refractivity (Wildman–Crippen MR) is 106 cm³/mol. The lowest BCUT2D eigenvalue weighted by molar-refractivity contribution is 0.0767. The zero-order valence-corrected chi connectivity index (χ0v) is 15.5. The number of nitrogens with two attached hydrogens (primary N) is 1. The number of para-hydroxylation sites is 1. The molecule has 5 nitrogen and oxygen atoms in total. The van der Waals surface area contributed by atoms with Gasteiger partial charge in [-0.2, -0.15) is 0 Å². The molecule has 1 amide bonds. The molecule has 2 aromatic carbocycles. The Morgan fingerprint density at radius 3 is 2.74 bits per heavy atom. The van der Waals surface area contributed by atoms with Crippen LogP contribution in [0, 0.1) is 6.92 Å². The Hall–Kier alpha value is -3.08. The summed E-state index contributed by atoms with van der Waals surface area (Å²) >= 11 is 0. The van der Waals surface area contributed by atoms with Gasteiger partial charge in [0.25, 0.3) is 5.91 Å². The molecule has 0 bridgehead atoms. The van der Waals surface area contributed by atoms with Gasteiger partial charge in [0.2, 0.25) is 0 Å². The lowest BCUT2D eigenvalue weighted by Crippen LogP contribution is -2.26. The molecule has 0 atom stereocenters. The summed E-state index contributed by atoms with van der Waals surface area (Å²) < 4.78 is 5.58. The van der Waals surface area contributed by atoms with Crippen molar-refractivity contribution < 1.29 is 9.53 Å². The number of amides is 1. The van der Waals surface area contributed by atoms with Gasteiger partial charge in [0.05, 0.1) is 36.1 Å². The second-order valence-electron chi connectivity index (χ2n) is 7.42. The minimum absolute atomic E-state index is 0.0259. The molecule has 3 aromatic rings. The Kier molecular flexibility index (Phi) is 3.41. The van der Waals surface area contributed by atoms with E-state index in [0.717, 1.165) is 51.9 Å². The van der Waals surface area contributed by atoms with E-state index in [1.807, 2.05) is 35.2 Å². The number of fused-ring (bicyclic) bond motifs is 2. The van der Waals surface area contributed by atoms with Crippen LogP contribution in [0.5, 0.6) is 5.75 Å². The lowest BCUT2D eigenvalue weighted by Gasteiger charge is -2.14. The standard InChI is InChI=1S/C22H21N3O2/c1-12-6-9-18(27-2)16(10-12)14-4-3-5-15-20(23)19-17(24-21(14)15)11-25(22(19)26)13-7-8-13/h3-6,9-10,13H,7-8,11H2,1-2H3,(H2,23,24). The molecule has 27 heavy (non-hydrogen) atoms. The molecule has 2 N–H and O–H groups in total. The summed E-state index contributed by atoms with van der Waals surface area (Å²) in [5, 5.41) is 0.820. The minimum Gasteiger partial charge on any atom is -0.496 e. The van der Waals surface area contributed by atoms with Crippen LogP contribution in [0.25, 0.3) is 22.0 Å². The van der Waals surface area contributed by atoms with E-state index in [1.54, 1.807) is 7.11 Å². The SMILES string of the molecule is COc1ccc(C)cc1-c1cccc2c(N)c3c(nc12)CN(C1CC1)C3=O. The quantitative estimate of drug-likeness (QED) is 0.770. The van der Waals surface area contributed by atoms with Crippen LogP contribution in [0.3, 0.4) is 0 Å². The second-order valence-corrected chi connectivity index (χ2v) is 7.42. The Morgan fingerprint density at radius 2 is 2.00 bits per heavy atom. The number of nitrogen functional groups attached to an aromatic ring is 1. The largest absolute Gasteiger partial charge is 0.496 e. The molecule has 0 saturated heterocycles. The second kappa shape index (κ2) is 5.71. The van der Waals surface area contributed by atoms with Crippen molar-refractivity contribution in [1.82, 2.24) is 9.88 Å². The van der Waals surface area contributed by atoms with Gasteiger partial charge in [-0.25, -0.2) is 4.98 Å². The maximum Gasteiger partial charge on any atom is 0.258 e. The molecule has 1 aliphatic heterocycles. The topological polar surface area (TPSA) is 68.5 Å². The monoisotopic (exact) mass is 359 g/mol. The van der Waals surface area contributed by atoms with Crippen LogP contribution in [0.4, 0.5) is 5.69 Å². The van der Waals surface area contributed by atoms with E-state index in [1.165, 1.54) is 0 Å². The van der Waals surface area contributed by atoms with Crippen LogP contribution in [-0.2, 0) is 6.54 Å². The molecule has 2 heterocycles. The number of hydrogen-bond acceptors (Lipinski definition) is 4. The van der Waals surface area contributed by atoms with Crippen molar-refractivity contribution in [2.75, 3.05) is 12.8 Å². The van der Waals surface area contributed by atoms with Crippen molar-refractivity contribution in [3.63, 3.8) is 0 Å². The number of benzene rings is 2. The van der Waals surface area contributed by atoms with Gasteiger partial charge >= 0.3 is 0 Å². The van der Waals surface area contributed by atoms with E-state index in [4.69, 9.17) is 15.5 Å². The average molecular weight is 359 g/mol. The molecule has 0 unspecified atom stereocenters. The number of ether oxygens (including phenoxy) is 1. The number of carbonyl (C=O) groups is 1. The fourth-order valence-corrected chi connectivity index (χ4v) is 4.02. The first-order valence-corrected chi connectivity index (χ1v) is 9.25. The van der Waals surface area contributed by atoms with Gasteiger partial charge in [-0.15, -0.1) is 0 Å². The number of hydrogen-bond donors (Lipinski definition) is 1. The summed E-state index contributed by atoms with van der Waals surface area (Å²) in [5.41, 5.74) is 12.3. The van der Waals surface area contributed by atoms with Crippen molar-refractivity contribution in [1.29, 1.82) is 0 Å². The summed E-state index contributed by atoms with van der Waals surface area (Å²) in [6.07, 6.45) is 2.15. The van der Waals surface area contributed by atoms with Gasteiger partial charge in [0.15, 0.2) is 0 Å². The van der Waals surface area contributed by atoms with Crippen LogP contribution in [0.15, 0.2) is 36.4 Å². The third-order valence-corrected chi connectivity index (χ3v) is 5.56. The number of pyridine rings is 1. The van der Waals surface area contributed by atoms with E-state index in [9.17, 15) is 4.79 Å². The van der Waals surface area contributed by atoms with Crippen molar-refractivity contribution in [3.05, 3.63) is 53.2 Å². The number of nitrogens with zero attached hydrogens (tertiary/aromatic N) is 2. The average Bonchev–Trinajstić information content (AvgIpc) is 3.45. The molecule has 0 spiro atoms. The fraction of sp³-hybridized carbons (Fsp3) is 0.273. The van der Waals surface area contributed by atoms with Crippen LogP contribution >= 0.6 is 0 Å². The number of aromatic nitrogens is 1. The molecule has 1 aliphatic carbocycles. The number of aryl methyl sites for hydroxylation is 1. The molecule has 5 rings (SSSR count). The highest BCUT2D eigenvalue weighted by molar-refractivity contribution is 6.11. The highest BCUT2D eigenvalue weighted by Gasteiger charge is 2.40. The zero-order chi connectivity index (χ0) is 18.7. The van der Waals surface area contributed by atoms with Crippen LogP contribution in [0.1, 0.15) is 34.5 Å². The normalized spacial score (nSPS) is 16.1. The third-order valence-electron chi connectivity index (χ3n) is 5.56. The van der Waals surface area contributed by atoms with Crippen LogP contribution in [0.2, 0.25) is 0 Å². The summed E-state index contributed by atoms with van der Waals surface area (Å²) in [6, 6.07) is 12.4. The van der Waals surface area contributed by atoms with Gasteiger partial charge in [0, 0.05) is 22.6 Å². The van der Waals surface area contributed by atoms with Gasteiger partial charge < -0.3 is 15.4 Å². The molecule has 1 saturated carbocycles. The third kappa shape index (κ3) is 2.38. The van der Waals surface area contributed by atoms with Crippen molar-refractivity contribution in [2.24, 2.45) is 0 Å². The summed E-state index contributed by atoms with van der Waals surface area (Å²) in [4.78, 5) is 19.7. The van der Waals surface area contributed by atoms with E-state index < -0.39 is 0 Å². The number of methoxy groups -OCH3 is 1. The maximum atomic E-state index is 12.8. The predicted octanol–water partition coefficient (Wildman–Crippen LogP) is 3.92. The summed E-state index contributed by atoms with van der Waals surface area (Å²) in [7, 11) is 1.67. The highest BCUT2D eigenvalue weighted by Crippen LogP contribution is 2.41. The van der Waals surface area contributed by atoms with E-state index >= 15 is 0 Å². The van der Waals surface area contributed by atoms with Crippen LogP contribution in [-0.4, -0.2) is 28.9 Å². The van der Waals surface area contributed by atoms with Gasteiger partial charge in [-0.1, -0.05) is 29.8 Å². The van der Waals surface area contributed by atoms with E-state index in [0.29, 0.717) is 23.8 Å². The molecule has 2 aliphatic rings. The van der Waals surface area contributed by atoms with Crippen molar-refractivity contribution in [2.45, 2.75) is 32.4 Å². The molecule has 0 radical (unpaired) electrons. The number of rotatable bonds is 3. The first kappa shape index (κ1) is 16.1. The van der Waals surface area contributed by atoms with Crippen molar-refractivity contribution >= 4 is 22.5 Å². The van der Waals surface area contributed by atoms with Crippen molar-refractivity contribution in [3.8, 4) is 16.9 Å². The molecule has 5 heteroatoms. The maximum absolute atomic E-state index is 12.8. The molecule has 136 valence electrons. The van der Waals surface area contributed by atoms with Gasteiger partial charge in [0.1, 0.15) is 5.75 Å². The highest BCUT2D eigenvalue weighted by atomic mass is 16.5. The van der Waals surface area contributed by atoms with Crippen LogP contribution < -0.4 is 10.5 Å². The van der Waals surface area contributed by atoms with Gasteiger partial charge in [-0.05, 0) is 31.9 Å². The number of anilines is 1. The fourth-order valence-electron chi connectivity index (χ4n) is 4.02. The zero-order valence-electron chi connectivity index (χ0n) is 15.5. The first-order valence-electron chi connectivity index (χ1n) is 9.25. The molecular weight excluding hydrogens is 338 g/mol. The Balaban J connectivity index is 1.76. The molecule has 1 aromatic heterocycles. The Labute approximate surface area is 157 Å². The number of carbonyl (C=O) groups excluding carboxylic acids is 1. The Morgan fingerprint density at radius 1 is 1.19 bits per heavy atom.